The lowest BCUT2D eigenvalue weighted by molar-refractivity contribution is -0.123. The molecule has 3 nitrogen and oxygen atoms in total. The lowest BCUT2D eigenvalue weighted by Crippen LogP contribution is -2.34. The summed E-state index contributed by atoms with van der Waals surface area (Å²) >= 11 is 5.02. The fourth-order valence-corrected chi connectivity index (χ4v) is 0.416. The van der Waals surface area contributed by atoms with E-state index in [2.05, 4.69) is 5.32 Å². The van der Waals surface area contributed by atoms with Crippen molar-refractivity contribution in [3.05, 3.63) is 0 Å². The Kier molecular flexibility index (Phi) is 3.24. The molecule has 0 aliphatic carbocycles. The Hall–Kier alpha value is -0.570. The standard InChI is InChI=1S/C5H8ClNO2/c1-3(5(6)9)7-4(2)8/h3H,1-2H3,(H,7,8)/t3-/m0/s1. The number of carbonyl (C=O) groups excluding carboxylic acids is 2. The topological polar surface area (TPSA) is 46.2 Å². The molecule has 0 aromatic rings. The van der Waals surface area contributed by atoms with E-state index in [4.69, 9.17) is 11.6 Å². The van der Waals surface area contributed by atoms with Crippen LogP contribution in [0.1, 0.15) is 13.8 Å². The Balaban J connectivity index is 3.63. The van der Waals surface area contributed by atoms with Gasteiger partial charge in [0.15, 0.2) is 0 Å². The second-order valence-electron chi connectivity index (χ2n) is 1.73. The van der Waals surface area contributed by atoms with Crippen LogP contribution >= 0.6 is 11.6 Å². The van der Waals surface area contributed by atoms with Gasteiger partial charge in [0.1, 0.15) is 6.04 Å². The number of carbonyl (C=O) groups is 2. The molecular weight excluding hydrogens is 142 g/mol. The zero-order valence-corrected chi connectivity index (χ0v) is 6.03. The van der Waals surface area contributed by atoms with Gasteiger partial charge in [-0.25, -0.2) is 0 Å². The molecule has 0 radical (unpaired) electrons. The summed E-state index contributed by atoms with van der Waals surface area (Å²) < 4.78 is 0. The molecule has 0 spiro atoms. The van der Waals surface area contributed by atoms with E-state index in [-0.39, 0.29) is 5.91 Å². The summed E-state index contributed by atoms with van der Waals surface area (Å²) in [5, 5.41) is 1.77. The van der Waals surface area contributed by atoms with Gasteiger partial charge < -0.3 is 5.32 Å². The molecule has 1 N–H and O–H groups in total. The van der Waals surface area contributed by atoms with Crippen molar-refractivity contribution in [3.8, 4) is 0 Å². The Morgan fingerprint density at radius 2 is 2.00 bits per heavy atom. The van der Waals surface area contributed by atoms with Crippen molar-refractivity contribution in [2.45, 2.75) is 19.9 Å². The number of hydrogen-bond donors (Lipinski definition) is 1. The molecule has 0 saturated heterocycles. The minimum Gasteiger partial charge on any atom is -0.345 e. The molecule has 52 valence electrons. The van der Waals surface area contributed by atoms with Gasteiger partial charge in [-0.15, -0.1) is 0 Å². The van der Waals surface area contributed by atoms with Crippen LogP contribution in [-0.2, 0) is 9.59 Å². The predicted octanol–water partition coefficient (Wildman–Crippen LogP) is 0.276. The van der Waals surface area contributed by atoms with Crippen molar-refractivity contribution in [2.24, 2.45) is 0 Å². The Morgan fingerprint density at radius 1 is 1.56 bits per heavy atom. The average molecular weight is 150 g/mol. The molecule has 0 aromatic carbocycles. The van der Waals surface area contributed by atoms with Crippen molar-refractivity contribution >= 4 is 22.8 Å². The normalized spacial score (nSPS) is 12.3. The summed E-state index contributed by atoms with van der Waals surface area (Å²) in [5.41, 5.74) is 0. The summed E-state index contributed by atoms with van der Waals surface area (Å²) in [6.07, 6.45) is 0. The Bertz CT molecular complexity index is 135. The van der Waals surface area contributed by atoms with E-state index >= 15 is 0 Å². The predicted molar refractivity (Wildman–Crippen MR) is 34.1 cm³/mol. The van der Waals surface area contributed by atoms with E-state index in [0.717, 1.165) is 0 Å². The third-order valence-corrected chi connectivity index (χ3v) is 1.09. The van der Waals surface area contributed by atoms with Gasteiger partial charge in [0.25, 0.3) is 0 Å². The molecular formula is C5H8ClNO2. The van der Waals surface area contributed by atoms with E-state index < -0.39 is 11.3 Å². The van der Waals surface area contributed by atoms with Crippen molar-refractivity contribution in [2.75, 3.05) is 0 Å². The quantitative estimate of drug-likeness (QED) is 0.574. The summed E-state index contributed by atoms with van der Waals surface area (Å²) in [7, 11) is 0. The van der Waals surface area contributed by atoms with Crippen molar-refractivity contribution < 1.29 is 9.59 Å². The highest BCUT2D eigenvalue weighted by Crippen LogP contribution is 1.87. The molecule has 0 fully saturated rings. The maximum Gasteiger partial charge on any atom is 0.243 e. The van der Waals surface area contributed by atoms with Gasteiger partial charge >= 0.3 is 0 Å². The van der Waals surface area contributed by atoms with Crippen LogP contribution in [0.4, 0.5) is 0 Å². The van der Waals surface area contributed by atoms with E-state index in [1.807, 2.05) is 0 Å². The second kappa shape index (κ2) is 3.45. The number of amides is 1. The van der Waals surface area contributed by atoms with Gasteiger partial charge in [-0.1, -0.05) is 0 Å². The van der Waals surface area contributed by atoms with Gasteiger partial charge in [0.05, 0.1) is 0 Å². The van der Waals surface area contributed by atoms with Crippen LogP contribution in [0.5, 0.6) is 0 Å². The van der Waals surface area contributed by atoms with Crippen LogP contribution < -0.4 is 5.32 Å². The zero-order chi connectivity index (χ0) is 7.44. The lowest BCUT2D eigenvalue weighted by atomic mass is 10.4. The number of hydrogen-bond acceptors (Lipinski definition) is 2. The fraction of sp³-hybridized carbons (Fsp3) is 0.600. The smallest absolute Gasteiger partial charge is 0.243 e. The molecule has 0 unspecified atom stereocenters. The zero-order valence-electron chi connectivity index (χ0n) is 5.27. The third kappa shape index (κ3) is 3.97. The second-order valence-corrected chi connectivity index (χ2v) is 2.10. The van der Waals surface area contributed by atoms with E-state index in [9.17, 15) is 9.59 Å². The third-order valence-electron chi connectivity index (χ3n) is 0.760. The lowest BCUT2D eigenvalue weighted by Gasteiger charge is -2.04. The highest BCUT2D eigenvalue weighted by molar-refractivity contribution is 6.64. The molecule has 4 heteroatoms. The van der Waals surface area contributed by atoms with Crippen LogP contribution in [0, 0.1) is 0 Å². The maximum absolute atomic E-state index is 10.2. The molecule has 1 amide bonds. The molecule has 0 rings (SSSR count). The van der Waals surface area contributed by atoms with Crippen molar-refractivity contribution in [3.63, 3.8) is 0 Å². The number of halogens is 1. The first kappa shape index (κ1) is 8.43. The minimum atomic E-state index is -0.579. The van der Waals surface area contributed by atoms with Gasteiger partial charge in [-0.05, 0) is 18.5 Å². The summed E-state index contributed by atoms with van der Waals surface area (Å²) in [6.45, 7) is 2.85. The van der Waals surface area contributed by atoms with E-state index in [0.29, 0.717) is 0 Å². The first-order valence-corrected chi connectivity index (χ1v) is 2.88. The maximum atomic E-state index is 10.2. The highest BCUT2D eigenvalue weighted by Gasteiger charge is 2.08. The fourth-order valence-electron chi connectivity index (χ4n) is 0.362. The summed E-state index contributed by atoms with van der Waals surface area (Å²) in [4.78, 5) is 20.5. The largest absolute Gasteiger partial charge is 0.345 e. The Morgan fingerprint density at radius 3 is 2.11 bits per heavy atom. The minimum absolute atomic E-state index is 0.253. The van der Waals surface area contributed by atoms with Crippen LogP contribution in [0.25, 0.3) is 0 Å². The highest BCUT2D eigenvalue weighted by atomic mass is 35.5. The monoisotopic (exact) mass is 149 g/mol. The van der Waals surface area contributed by atoms with Crippen LogP contribution in [0.15, 0.2) is 0 Å². The molecule has 0 saturated carbocycles. The SMILES string of the molecule is CC(=O)N[C@@H](C)C(=O)Cl. The van der Waals surface area contributed by atoms with Crippen LogP contribution in [-0.4, -0.2) is 17.2 Å². The molecule has 0 bridgehead atoms. The molecule has 0 aliphatic rings. The van der Waals surface area contributed by atoms with Crippen molar-refractivity contribution in [1.29, 1.82) is 0 Å². The van der Waals surface area contributed by atoms with E-state index in [1.165, 1.54) is 13.8 Å². The molecule has 9 heavy (non-hydrogen) atoms. The van der Waals surface area contributed by atoms with Crippen LogP contribution in [0.2, 0.25) is 0 Å². The van der Waals surface area contributed by atoms with Gasteiger partial charge in [-0.2, -0.15) is 0 Å². The number of nitrogens with one attached hydrogen (secondary N) is 1. The first-order chi connectivity index (χ1) is 4.04. The van der Waals surface area contributed by atoms with Gasteiger partial charge in [0.2, 0.25) is 11.1 Å². The molecule has 1 atom stereocenters. The Labute approximate surface area is 58.4 Å². The molecule has 0 heterocycles. The van der Waals surface area contributed by atoms with Gasteiger partial charge in [-0.3, -0.25) is 9.59 Å². The van der Waals surface area contributed by atoms with Crippen LogP contribution in [0.3, 0.4) is 0 Å². The average Bonchev–Trinajstić information content (AvgIpc) is 1.63. The van der Waals surface area contributed by atoms with Crippen molar-refractivity contribution in [1.82, 2.24) is 5.32 Å². The number of rotatable bonds is 2. The van der Waals surface area contributed by atoms with E-state index in [1.54, 1.807) is 0 Å². The summed E-state index contributed by atoms with van der Waals surface area (Å²) in [5.74, 6) is -0.253. The summed E-state index contributed by atoms with van der Waals surface area (Å²) in [6, 6.07) is -0.579. The first-order valence-electron chi connectivity index (χ1n) is 2.50. The molecule has 0 aliphatic heterocycles. The molecule has 0 aromatic heterocycles. The van der Waals surface area contributed by atoms with Gasteiger partial charge in [0, 0.05) is 6.92 Å².